The number of aryl methyl sites for hydroxylation is 3. The summed E-state index contributed by atoms with van der Waals surface area (Å²) in [6.45, 7) is 10.8. The fraction of sp³-hybridized carbons (Fsp3) is 0.412. The molecule has 1 N–H and O–H groups in total. The third-order valence-corrected chi connectivity index (χ3v) is 8.60. The van der Waals surface area contributed by atoms with Gasteiger partial charge in [-0.1, -0.05) is 94.3 Å². The summed E-state index contributed by atoms with van der Waals surface area (Å²) in [6.07, 6.45) is 10.7. The predicted molar refractivity (Wildman–Crippen MR) is 151 cm³/mol. The number of hydrogen-bond acceptors (Lipinski definition) is 1. The van der Waals surface area contributed by atoms with E-state index in [2.05, 4.69) is 70.2 Å². The molecule has 1 fully saturated rings. The summed E-state index contributed by atoms with van der Waals surface area (Å²) in [6, 6.07) is 19.1. The first-order valence-electron chi connectivity index (χ1n) is 13.7. The monoisotopic (exact) mass is 484 g/mol. The van der Waals surface area contributed by atoms with Crippen molar-refractivity contribution >= 4 is 6.08 Å². The SMILES string of the molecule is CCc1ccc(-c2ccc(C(CC)(CC)c3ccc(/C=C/C4(O)CCCC4)c(C)c3)cc2C)cc1F. The van der Waals surface area contributed by atoms with E-state index < -0.39 is 5.60 Å². The average Bonchev–Trinajstić information content (AvgIpc) is 3.31. The smallest absolute Gasteiger partial charge is 0.127 e. The second kappa shape index (κ2) is 10.7. The molecule has 3 aromatic rings. The average molecular weight is 485 g/mol. The third-order valence-electron chi connectivity index (χ3n) is 8.60. The quantitative estimate of drug-likeness (QED) is 0.338. The maximum Gasteiger partial charge on any atom is 0.127 e. The molecule has 1 saturated carbocycles. The van der Waals surface area contributed by atoms with Gasteiger partial charge in [-0.05, 0) is 96.5 Å². The van der Waals surface area contributed by atoms with Crippen LogP contribution in [-0.4, -0.2) is 10.7 Å². The highest BCUT2D eigenvalue weighted by molar-refractivity contribution is 5.69. The molecule has 0 unspecified atom stereocenters. The number of rotatable bonds is 8. The molecule has 0 atom stereocenters. The summed E-state index contributed by atoms with van der Waals surface area (Å²) in [5.74, 6) is -0.125. The zero-order chi connectivity index (χ0) is 25.9. The Bertz CT molecular complexity index is 1240. The highest BCUT2D eigenvalue weighted by atomic mass is 19.1. The van der Waals surface area contributed by atoms with Crippen LogP contribution in [-0.2, 0) is 11.8 Å². The van der Waals surface area contributed by atoms with Crippen LogP contribution >= 0.6 is 0 Å². The van der Waals surface area contributed by atoms with Gasteiger partial charge in [0.1, 0.15) is 5.82 Å². The van der Waals surface area contributed by atoms with Crippen molar-refractivity contribution in [2.75, 3.05) is 0 Å². The lowest BCUT2D eigenvalue weighted by atomic mass is 9.69. The van der Waals surface area contributed by atoms with Gasteiger partial charge >= 0.3 is 0 Å². The van der Waals surface area contributed by atoms with Crippen LogP contribution in [0.15, 0.2) is 60.7 Å². The molecule has 0 radical (unpaired) electrons. The molecule has 0 heterocycles. The minimum atomic E-state index is -0.638. The lowest BCUT2D eigenvalue weighted by Gasteiger charge is -2.34. The number of halogens is 1. The Morgan fingerprint density at radius 2 is 1.50 bits per heavy atom. The van der Waals surface area contributed by atoms with Crippen molar-refractivity contribution in [1.82, 2.24) is 0 Å². The van der Waals surface area contributed by atoms with Crippen molar-refractivity contribution < 1.29 is 9.50 Å². The molecule has 0 aliphatic heterocycles. The van der Waals surface area contributed by atoms with Gasteiger partial charge in [0.15, 0.2) is 0 Å². The van der Waals surface area contributed by atoms with Crippen LogP contribution in [0.3, 0.4) is 0 Å². The second-order valence-electron chi connectivity index (χ2n) is 10.7. The van der Waals surface area contributed by atoms with E-state index in [0.29, 0.717) is 6.42 Å². The van der Waals surface area contributed by atoms with E-state index in [1.807, 2.05) is 25.1 Å². The minimum Gasteiger partial charge on any atom is -0.386 e. The Balaban J connectivity index is 1.68. The lowest BCUT2D eigenvalue weighted by Crippen LogP contribution is -2.26. The van der Waals surface area contributed by atoms with Crippen LogP contribution in [0.1, 0.15) is 92.7 Å². The Morgan fingerprint density at radius 1 is 0.861 bits per heavy atom. The van der Waals surface area contributed by atoms with Crippen LogP contribution in [0, 0.1) is 19.7 Å². The van der Waals surface area contributed by atoms with Gasteiger partial charge in [0.2, 0.25) is 0 Å². The molecule has 0 aromatic heterocycles. The standard InChI is InChI=1S/C34H41FO/c1-6-26-11-12-28(23-32(26)35)31-16-15-30(22-25(31)5)34(7-2,8-3)29-14-13-27(24(4)21-29)17-20-33(36)18-9-10-19-33/h11-17,20-23,36H,6-10,18-19H2,1-5H3/b20-17+. The van der Waals surface area contributed by atoms with Gasteiger partial charge in [-0.25, -0.2) is 4.39 Å². The van der Waals surface area contributed by atoms with Crippen LogP contribution in [0.5, 0.6) is 0 Å². The molecule has 4 rings (SSSR count). The summed E-state index contributed by atoms with van der Waals surface area (Å²) in [5, 5.41) is 10.7. The van der Waals surface area contributed by atoms with Crippen molar-refractivity contribution in [2.24, 2.45) is 0 Å². The highest BCUT2D eigenvalue weighted by Crippen LogP contribution is 2.41. The van der Waals surface area contributed by atoms with E-state index in [4.69, 9.17) is 0 Å². The van der Waals surface area contributed by atoms with Gasteiger partial charge in [-0.15, -0.1) is 0 Å². The van der Waals surface area contributed by atoms with Gasteiger partial charge in [0, 0.05) is 5.41 Å². The highest BCUT2D eigenvalue weighted by Gasteiger charge is 2.32. The maximum atomic E-state index is 14.5. The van der Waals surface area contributed by atoms with E-state index in [1.54, 1.807) is 6.07 Å². The Kier molecular flexibility index (Phi) is 7.85. The van der Waals surface area contributed by atoms with Crippen molar-refractivity contribution in [1.29, 1.82) is 0 Å². The molecule has 3 aromatic carbocycles. The third kappa shape index (κ3) is 5.06. The Labute approximate surface area is 217 Å². The minimum absolute atomic E-state index is 0.0860. The predicted octanol–water partition coefficient (Wildman–Crippen LogP) is 9.10. The van der Waals surface area contributed by atoms with Gasteiger partial charge in [-0.3, -0.25) is 0 Å². The number of benzene rings is 3. The van der Waals surface area contributed by atoms with Crippen molar-refractivity contribution in [3.05, 3.63) is 99.9 Å². The Morgan fingerprint density at radius 3 is 2.06 bits per heavy atom. The van der Waals surface area contributed by atoms with Crippen LogP contribution in [0.2, 0.25) is 0 Å². The maximum absolute atomic E-state index is 14.5. The van der Waals surface area contributed by atoms with Crippen molar-refractivity contribution in [2.45, 2.75) is 90.6 Å². The molecule has 1 aliphatic carbocycles. The number of hydrogen-bond donors (Lipinski definition) is 1. The zero-order valence-electron chi connectivity index (χ0n) is 22.6. The summed E-state index contributed by atoms with van der Waals surface area (Å²) >= 11 is 0. The first-order valence-corrected chi connectivity index (χ1v) is 13.7. The van der Waals surface area contributed by atoms with Gasteiger partial charge in [0.05, 0.1) is 5.60 Å². The zero-order valence-corrected chi connectivity index (χ0v) is 22.6. The molecule has 0 amide bonds. The molecule has 2 heteroatoms. The van der Waals surface area contributed by atoms with Gasteiger partial charge < -0.3 is 5.11 Å². The summed E-state index contributed by atoms with van der Waals surface area (Å²) in [5.41, 5.74) is 8.26. The largest absolute Gasteiger partial charge is 0.386 e. The molecule has 0 spiro atoms. The molecular weight excluding hydrogens is 443 g/mol. The first-order chi connectivity index (χ1) is 17.2. The molecule has 1 nitrogen and oxygen atoms in total. The Hall–Kier alpha value is -2.71. The van der Waals surface area contributed by atoms with Gasteiger partial charge in [-0.2, -0.15) is 0 Å². The molecular formula is C34H41FO. The van der Waals surface area contributed by atoms with E-state index in [9.17, 15) is 9.50 Å². The molecule has 0 bridgehead atoms. The lowest BCUT2D eigenvalue weighted by molar-refractivity contribution is 0.100. The molecule has 190 valence electrons. The van der Waals surface area contributed by atoms with E-state index in [0.717, 1.165) is 55.2 Å². The van der Waals surface area contributed by atoms with E-state index >= 15 is 0 Å². The normalized spacial score (nSPS) is 15.6. The first kappa shape index (κ1) is 26.4. The van der Waals surface area contributed by atoms with Crippen molar-refractivity contribution in [3.63, 3.8) is 0 Å². The topological polar surface area (TPSA) is 20.2 Å². The molecule has 1 aliphatic rings. The summed E-state index contributed by atoms with van der Waals surface area (Å²) < 4.78 is 14.5. The van der Waals surface area contributed by atoms with Crippen LogP contribution < -0.4 is 0 Å². The summed E-state index contributed by atoms with van der Waals surface area (Å²) in [4.78, 5) is 0. The van der Waals surface area contributed by atoms with Crippen molar-refractivity contribution in [3.8, 4) is 11.1 Å². The van der Waals surface area contributed by atoms with E-state index in [1.165, 1.54) is 27.8 Å². The van der Waals surface area contributed by atoms with Crippen LogP contribution in [0.4, 0.5) is 4.39 Å². The second-order valence-corrected chi connectivity index (χ2v) is 10.7. The van der Waals surface area contributed by atoms with E-state index in [-0.39, 0.29) is 11.2 Å². The molecule has 0 saturated heterocycles. The molecule has 36 heavy (non-hydrogen) atoms. The van der Waals surface area contributed by atoms with Gasteiger partial charge in [0.25, 0.3) is 0 Å². The number of aliphatic hydroxyl groups is 1. The fourth-order valence-corrected chi connectivity index (χ4v) is 6.08. The van der Waals surface area contributed by atoms with Crippen LogP contribution in [0.25, 0.3) is 17.2 Å². The fourth-order valence-electron chi connectivity index (χ4n) is 6.08. The summed E-state index contributed by atoms with van der Waals surface area (Å²) in [7, 11) is 0.